The molecule has 0 aliphatic heterocycles. The summed E-state index contributed by atoms with van der Waals surface area (Å²) < 4.78 is 5.61. The lowest BCUT2D eigenvalue weighted by atomic mass is 10.2. The molecule has 0 radical (unpaired) electrons. The standard InChI is InChI=1S/C15H16ClNOS/c1-2-18-15-7-6-13(17)8-11(15)10-19-14-5-3-4-12(16)9-14/h3-9H,2,10,17H2,1H3. The molecule has 2 aromatic carbocycles. The largest absolute Gasteiger partial charge is 0.494 e. The Morgan fingerprint density at radius 1 is 1.21 bits per heavy atom. The van der Waals surface area contributed by atoms with E-state index in [2.05, 4.69) is 0 Å². The molecule has 19 heavy (non-hydrogen) atoms. The van der Waals surface area contributed by atoms with Crippen molar-refractivity contribution in [3.05, 3.63) is 53.1 Å². The Bertz CT molecular complexity index is 560. The Morgan fingerprint density at radius 3 is 2.79 bits per heavy atom. The number of benzene rings is 2. The first kappa shape index (κ1) is 14.1. The van der Waals surface area contributed by atoms with E-state index in [0.29, 0.717) is 6.61 Å². The molecule has 0 aromatic heterocycles. The van der Waals surface area contributed by atoms with Gasteiger partial charge >= 0.3 is 0 Å². The number of nitrogen functional groups attached to an aromatic ring is 1. The quantitative estimate of drug-likeness (QED) is 0.646. The second kappa shape index (κ2) is 6.73. The Hall–Kier alpha value is -1.32. The molecular formula is C15H16ClNOS. The lowest BCUT2D eigenvalue weighted by Crippen LogP contribution is -1.97. The number of halogens is 1. The van der Waals surface area contributed by atoms with Crippen LogP contribution in [-0.4, -0.2) is 6.61 Å². The first-order valence-electron chi connectivity index (χ1n) is 6.08. The van der Waals surface area contributed by atoms with Crippen LogP contribution < -0.4 is 10.5 Å². The van der Waals surface area contributed by atoms with E-state index in [4.69, 9.17) is 22.1 Å². The smallest absolute Gasteiger partial charge is 0.123 e. The highest BCUT2D eigenvalue weighted by atomic mass is 35.5. The molecule has 0 amide bonds. The lowest BCUT2D eigenvalue weighted by Gasteiger charge is -2.11. The van der Waals surface area contributed by atoms with Crippen LogP contribution in [-0.2, 0) is 5.75 Å². The van der Waals surface area contributed by atoms with Gasteiger partial charge in [0, 0.05) is 26.9 Å². The van der Waals surface area contributed by atoms with E-state index in [-0.39, 0.29) is 0 Å². The van der Waals surface area contributed by atoms with E-state index in [1.807, 2.05) is 49.4 Å². The van der Waals surface area contributed by atoms with Gasteiger partial charge in [-0.3, -0.25) is 0 Å². The number of ether oxygens (including phenoxy) is 1. The average Bonchev–Trinajstić information content (AvgIpc) is 2.39. The molecule has 100 valence electrons. The fourth-order valence-corrected chi connectivity index (χ4v) is 2.91. The highest BCUT2D eigenvalue weighted by molar-refractivity contribution is 7.98. The first-order chi connectivity index (χ1) is 9.19. The van der Waals surface area contributed by atoms with Crippen molar-refractivity contribution >= 4 is 29.1 Å². The predicted molar refractivity (Wildman–Crippen MR) is 83.0 cm³/mol. The highest BCUT2D eigenvalue weighted by Gasteiger charge is 2.05. The molecule has 0 atom stereocenters. The van der Waals surface area contributed by atoms with Crippen molar-refractivity contribution in [3.8, 4) is 5.75 Å². The maximum absolute atomic E-state index is 5.97. The minimum atomic E-state index is 0.652. The van der Waals surface area contributed by atoms with Gasteiger partial charge in [0.05, 0.1) is 6.61 Å². The number of hydrogen-bond donors (Lipinski definition) is 1. The summed E-state index contributed by atoms with van der Waals surface area (Å²) in [6.07, 6.45) is 0. The summed E-state index contributed by atoms with van der Waals surface area (Å²) in [6.45, 7) is 2.63. The van der Waals surface area contributed by atoms with Gasteiger partial charge in [-0.2, -0.15) is 0 Å². The van der Waals surface area contributed by atoms with Crippen LogP contribution in [0.3, 0.4) is 0 Å². The second-order valence-electron chi connectivity index (χ2n) is 4.05. The van der Waals surface area contributed by atoms with Crippen LogP contribution in [0.4, 0.5) is 5.69 Å². The van der Waals surface area contributed by atoms with E-state index in [1.165, 1.54) is 0 Å². The van der Waals surface area contributed by atoms with Crippen molar-refractivity contribution in [3.63, 3.8) is 0 Å². The van der Waals surface area contributed by atoms with Gasteiger partial charge in [-0.15, -0.1) is 11.8 Å². The molecule has 2 nitrogen and oxygen atoms in total. The number of hydrogen-bond acceptors (Lipinski definition) is 3. The maximum Gasteiger partial charge on any atom is 0.123 e. The van der Waals surface area contributed by atoms with E-state index in [1.54, 1.807) is 11.8 Å². The third kappa shape index (κ3) is 4.08. The van der Waals surface area contributed by atoms with Crippen molar-refractivity contribution in [2.24, 2.45) is 0 Å². The Morgan fingerprint density at radius 2 is 2.05 bits per heavy atom. The summed E-state index contributed by atoms with van der Waals surface area (Å²) in [5.41, 5.74) is 7.69. The van der Waals surface area contributed by atoms with Gasteiger partial charge in [0.15, 0.2) is 0 Å². The zero-order valence-corrected chi connectivity index (χ0v) is 12.3. The van der Waals surface area contributed by atoms with Crippen LogP contribution in [0.25, 0.3) is 0 Å². The van der Waals surface area contributed by atoms with Gasteiger partial charge in [-0.1, -0.05) is 17.7 Å². The monoisotopic (exact) mass is 293 g/mol. The van der Waals surface area contributed by atoms with Crippen LogP contribution in [0, 0.1) is 0 Å². The van der Waals surface area contributed by atoms with Crippen molar-refractivity contribution in [1.82, 2.24) is 0 Å². The molecule has 0 saturated heterocycles. The van der Waals surface area contributed by atoms with Crippen LogP contribution in [0.15, 0.2) is 47.4 Å². The van der Waals surface area contributed by atoms with Crippen LogP contribution in [0.1, 0.15) is 12.5 Å². The molecule has 0 bridgehead atoms. The van der Waals surface area contributed by atoms with Crippen molar-refractivity contribution in [2.75, 3.05) is 12.3 Å². The third-order valence-corrected chi connectivity index (χ3v) is 3.85. The Kier molecular flexibility index (Phi) is 5.00. The van der Waals surface area contributed by atoms with Crippen LogP contribution in [0.2, 0.25) is 5.02 Å². The third-order valence-electron chi connectivity index (χ3n) is 2.57. The molecule has 0 heterocycles. The van der Waals surface area contributed by atoms with E-state index in [9.17, 15) is 0 Å². The molecule has 0 aliphatic carbocycles. The number of rotatable bonds is 5. The highest BCUT2D eigenvalue weighted by Crippen LogP contribution is 2.30. The molecule has 0 spiro atoms. The molecule has 0 saturated carbocycles. The van der Waals surface area contributed by atoms with Gasteiger partial charge in [0.2, 0.25) is 0 Å². The topological polar surface area (TPSA) is 35.2 Å². The van der Waals surface area contributed by atoms with E-state index in [0.717, 1.165) is 32.7 Å². The van der Waals surface area contributed by atoms with E-state index >= 15 is 0 Å². The molecule has 0 fully saturated rings. The lowest BCUT2D eigenvalue weighted by molar-refractivity contribution is 0.337. The number of nitrogens with two attached hydrogens (primary N) is 1. The summed E-state index contributed by atoms with van der Waals surface area (Å²) in [7, 11) is 0. The fraction of sp³-hybridized carbons (Fsp3) is 0.200. The molecule has 4 heteroatoms. The molecule has 2 aromatic rings. The molecule has 2 rings (SSSR count). The average molecular weight is 294 g/mol. The Labute approximate surface area is 122 Å². The SMILES string of the molecule is CCOc1ccc(N)cc1CSc1cccc(Cl)c1. The Balaban J connectivity index is 2.12. The zero-order valence-electron chi connectivity index (χ0n) is 10.7. The predicted octanol–water partition coefficient (Wildman–Crippen LogP) is 4.61. The fourth-order valence-electron chi connectivity index (χ4n) is 1.73. The maximum atomic E-state index is 5.97. The van der Waals surface area contributed by atoms with Gasteiger partial charge in [0.25, 0.3) is 0 Å². The van der Waals surface area contributed by atoms with Gasteiger partial charge in [-0.25, -0.2) is 0 Å². The number of anilines is 1. The number of thioether (sulfide) groups is 1. The van der Waals surface area contributed by atoms with Crippen LogP contribution >= 0.6 is 23.4 Å². The van der Waals surface area contributed by atoms with Crippen molar-refractivity contribution in [2.45, 2.75) is 17.6 Å². The zero-order chi connectivity index (χ0) is 13.7. The summed E-state index contributed by atoms with van der Waals surface area (Å²) >= 11 is 7.69. The molecular weight excluding hydrogens is 278 g/mol. The summed E-state index contributed by atoms with van der Waals surface area (Å²) in [5.74, 6) is 1.70. The van der Waals surface area contributed by atoms with Gasteiger partial charge in [0.1, 0.15) is 5.75 Å². The summed E-state index contributed by atoms with van der Waals surface area (Å²) in [4.78, 5) is 1.14. The molecule has 0 aliphatic rings. The molecule has 2 N–H and O–H groups in total. The normalized spacial score (nSPS) is 10.4. The van der Waals surface area contributed by atoms with E-state index < -0.39 is 0 Å². The minimum Gasteiger partial charge on any atom is -0.494 e. The molecule has 0 unspecified atom stereocenters. The summed E-state index contributed by atoms with van der Waals surface area (Å²) in [5, 5.41) is 0.752. The van der Waals surface area contributed by atoms with Crippen LogP contribution in [0.5, 0.6) is 5.75 Å². The minimum absolute atomic E-state index is 0.652. The van der Waals surface area contributed by atoms with Gasteiger partial charge < -0.3 is 10.5 Å². The summed E-state index contributed by atoms with van der Waals surface area (Å²) in [6, 6.07) is 13.6. The van der Waals surface area contributed by atoms with Gasteiger partial charge in [-0.05, 0) is 43.3 Å². The van der Waals surface area contributed by atoms with Crippen molar-refractivity contribution < 1.29 is 4.74 Å². The first-order valence-corrected chi connectivity index (χ1v) is 7.45. The second-order valence-corrected chi connectivity index (χ2v) is 5.53. The van der Waals surface area contributed by atoms with Crippen molar-refractivity contribution in [1.29, 1.82) is 0 Å².